The van der Waals surface area contributed by atoms with E-state index in [1.165, 1.54) is 26.4 Å². The van der Waals surface area contributed by atoms with Crippen LogP contribution in [-0.4, -0.2) is 25.1 Å². The van der Waals surface area contributed by atoms with Crippen LogP contribution in [0, 0.1) is 10.1 Å². The molecule has 16 heavy (non-hydrogen) atoms. The fraction of sp³-hybridized carbons (Fsp3) is 0.222. The molecule has 0 amide bonds. The number of rotatable bonds is 3. The van der Waals surface area contributed by atoms with Gasteiger partial charge in [-0.1, -0.05) is 0 Å². The summed E-state index contributed by atoms with van der Waals surface area (Å²) in [5, 5.41) is 10.8. The summed E-state index contributed by atoms with van der Waals surface area (Å²) < 4.78 is 9.37. The predicted octanol–water partition coefficient (Wildman–Crippen LogP) is 2.15. The average molecular weight is 290 g/mol. The van der Waals surface area contributed by atoms with Crippen LogP contribution in [0.1, 0.15) is 10.4 Å². The van der Waals surface area contributed by atoms with E-state index in [0.717, 1.165) is 0 Å². The predicted molar refractivity (Wildman–Crippen MR) is 58.7 cm³/mol. The van der Waals surface area contributed by atoms with Crippen molar-refractivity contribution in [1.82, 2.24) is 0 Å². The van der Waals surface area contributed by atoms with Gasteiger partial charge in [0.2, 0.25) is 0 Å². The Morgan fingerprint density at radius 2 is 2.06 bits per heavy atom. The van der Waals surface area contributed by atoms with E-state index in [9.17, 15) is 14.9 Å². The van der Waals surface area contributed by atoms with E-state index in [1.807, 2.05) is 0 Å². The molecule has 7 heteroatoms. The van der Waals surface area contributed by atoms with Gasteiger partial charge in [-0.3, -0.25) is 10.1 Å². The smallest absolute Gasteiger partial charge is 0.339 e. The van der Waals surface area contributed by atoms with Crippen molar-refractivity contribution in [3.05, 3.63) is 32.3 Å². The summed E-state index contributed by atoms with van der Waals surface area (Å²) in [7, 11) is 2.51. The van der Waals surface area contributed by atoms with Crippen LogP contribution < -0.4 is 4.74 Å². The molecule has 0 aromatic heterocycles. The summed E-state index contributed by atoms with van der Waals surface area (Å²) in [5.74, 6) is -0.581. The lowest BCUT2D eigenvalue weighted by molar-refractivity contribution is -0.386. The monoisotopic (exact) mass is 289 g/mol. The summed E-state index contributed by atoms with van der Waals surface area (Å²) in [5.41, 5.74) is -0.222. The van der Waals surface area contributed by atoms with Crippen molar-refractivity contribution in [3.63, 3.8) is 0 Å². The molecule has 0 spiro atoms. The SMILES string of the molecule is COC(=O)c1ccc(OC)c([N+](=O)[O-])c1Br. The third kappa shape index (κ3) is 2.13. The minimum absolute atomic E-state index is 0.0451. The zero-order valence-corrected chi connectivity index (χ0v) is 10.1. The Morgan fingerprint density at radius 3 is 2.50 bits per heavy atom. The number of nitro groups is 1. The molecule has 0 N–H and O–H groups in total. The number of hydrogen-bond donors (Lipinski definition) is 0. The Bertz CT molecular complexity index is 446. The summed E-state index contributed by atoms with van der Waals surface area (Å²) in [6.45, 7) is 0. The van der Waals surface area contributed by atoms with E-state index in [-0.39, 0.29) is 21.5 Å². The van der Waals surface area contributed by atoms with Crippen molar-refractivity contribution in [2.24, 2.45) is 0 Å². The summed E-state index contributed by atoms with van der Waals surface area (Å²) >= 11 is 2.99. The van der Waals surface area contributed by atoms with Crippen molar-refractivity contribution < 1.29 is 19.2 Å². The Morgan fingerprint density at radius 1 is 1.44 bits per heavy atom. The second kappa shape index (κ2) is 4.93. The lowest BCUT2D eigenvalue weighted by Crippen LogP contribution is -2.05. The number of hydrogen-bond acceptors (Lipinski definition) is 5. The first-order valence-electron chi connectivity index (χ1n) is 4.12. The van der Waals surface area contributed by atoms with Gasteiger partial charge in [0.05, 0.1) is 24.7 Å². The van der Waals surface area contributed by atoms with E-state index in [0.29, 0.717) is 0 Å². The van der Waals surface area contributed by atoms with Gasteiger partial charge in [0.15, 0.2) is 5.75 Å². The molecule has 1 aromatic carbocycles. The average Bonchev–Trinajstić information content (AvgIpc) is 2.26. The fourth-order valence-corrected chi connectivity index (χ4v) is 1.78. The van der Waals surface area contributed by atoms with Crippen LogP contribution >= 0.6 is 15.9 Å². The number of nitrogens with zero attached hydrogens (tertiary/aromatic N) is 1. The Labute approximate surface area is 99.4 Å². The molecule has 0 saturated heterocycles. The maximum atomic E-state index is 11.3. The van der Waals surface area contributed by atoms with Crippen molar-refractivity contribution in [2.45, 2.75) is 0 Å². The van der Waals surface area contributed by atoms with Gasteiger partial charge in [-0.2, -0.15) is 0 Å². The third-order valence-corrected chi connectivity index (χ3v) is 2.69. The van der Waals surface area contributed by atoms with E-state index < -0.39 is 10.9 Å². The Hall–Kier alpha value is -1.63. The van der Waals surface area contributed by atoms with Gasteiger partial charge < -0.3 is 9.47 Å². The molecule has 0 heterocycles. The summed E-state index contributed by atoms with van der Waals surface area (Å²) in [6, 6.07) is 2.73. The molecule has 0 aliphatic heterocycles. The number of nitro benzene ring substituents is 1. The number of halogens is 1. The maximum Gasteiger partial charge on any atom is 0.339 e. The minimum Gasteiger partial charge on any atom is -0.490 e. The van der Waals surface area contributed by atoms with Gasteiger partial charge in [-0.05, 0) is 28.1 Å². The van der Waals surface area contributed by atoms with Crippen LogP contribution in [0.5, 0.6) is 5.75 Å². The van der Waals surface area contributed by atoms with E-state index in [1.54, 1.807) is 0 Å². The first-order chi connectivity index (χ1) is 7.52. The second-order valence-corrected chi connectivity index (χ2v) is 3.52. The van der Waals surface area contributed by atoms with Gasteiger partial charge in [-0.25, -0.2) is 4.79 Å². The molecular weight excluding hydrogens is 282 g/mol. The highest BCUT2D eigenvalue weighted by Gasteiger charge is 2.25. The van der Waals surface area contributed by atoms with Gasteiger partial charge in [0, 0.05) is 0 Å². The molecule has 0 fully saturated rings. The number of esters is 1. The first-order valence-corrected chi connectivity index (χ1v) is 4.91. The van der Waals surface area contributed by atoms with Crippen molar-refractivity contribution in [2.75, 3.05) is 14.2 Å². The van der Waals surface area contributed by atoms with Crippen LogP contribution in [0.4, 0.5) is 5.69 Å². The van der Waals surface area contributed by atoms with Crippen molar-refractivity contribution in [3.8, 4) is 5.75 Å². The van der Waals surface area contributed by atoms with Gasteiger partial charge in [0.25, 0.3) is 0 Å². The molecule has 86 valence electrons. The van der Waals surface area contributed by atoms with Crippen molar-refractivity contribution >= 4 is 27.6 Å². The third-order valence-electron chi connectivity index (χ3n) is 1.89. The van der Waals surface area contributed by atoms with Gasteiger partial charge >= 0.3 is 11.7 Å². The van der Waals surface area contributed by atoms with Crippen LogP contribution in [0.3, 0.4) is 0 Å². The topological polar surface area (TPSA) is 78.7 Å². The lowest BCUT2D eigenvalue weighted by atomic mass is 10.2. The molecule has 6 nitrogen and oxygen atoms in total. The molecule has 0 unspecified atom stereocenters. The number of carbonyl (C=O) groups is 1. The highest BCUT2D eigenvalue weighted by molar-refractivity contribution is 9.10. The number of ether oxygens (including phenoxy) is 2. The molecule has 1 aromatic rings. The highest BCUT2D eigenvalue weighted by atomic mass is 79.9. The quantitative estimate of drug-likeness (QED) is 0.484. The zero-order valence-electron chi connectivity index (χ0n) is 8.52. The molecule has 0 saturated carbocycles. The van der Waals surface area contributed by atoms with E-state index in [2.05, 4.69) is 20.7 Å². The molecule has 0 aliphatic rings. The Balaban J connectivity index is 3.43. The minimum atomic E-state index is -0.655. The number of carbonyl (C=O) groups excluding carboxylic acids is 1. The molecule has 0 atom stereocenters. The van der Waals surface area contributed by atoms with Crippen LogP contribution in [-0.2, 0) is 4.74 Å². The fourth-order valence-electron chi connectivity index (χ4n) is 1.15. The Kier molecular flexibility index (Phi) is 3.83. The summed E-state index contributed by atoms with van der Waals surface area (Å²) in [4.78, 5) is 21.5. The molecule has 0 radical (unpaired) electrons. The lowest BCUT2D eigenvalue weighted by Gasteiger charge is -2.06. The zero-order chi connectivity index (χ0) is 12.3. The van der Waals surface area contributed by atoms with Crippen LogP contribution in [0.2, 0.25) is 0 Å². The van der Waals surface area contributed by atoms with Gasteiger partial charge in [-0.15, -0.1) is 0 Å². The standard InChI is InChI=1S/C9H8BrNO5/c1-15-6-4-3-5(9(12)16-2)7(10)8(6)11(13)14/h3-4H,1-2H3. The molecule has 1 rings (SSSR count). The second-order valence-electron chi connectivity index (χ2n) is 2.73. The van der Waals surface area contributed by atoms with E-state index >= 15 is 0 Å². The maximum absolute atomic E-state index is 11.3. The van der Waals surface area contributed by atoms with Gasteiger partial charge in [0.1, 0.15) is 4.47 Å². The molecule has 0 aliphatic carbocycles. The van der Waals surface area contributed by atoms with Crippen molar-refractivity contribution in [1.29, 1.82) is 0 Å². The van der Waals surface area contributed by atoms with Crippen LogP contribution in [0.15, 0.2) is 16.6 Å². The first kappa shape index (κ1) is 12.4. The largest absolute Gasteiger partial charge is 0.490 e. The molecule has 0 bridgehead atoms. The summed E-state index contributed by atoms with van der Waals surface area (Å²) in [6.07, 6.45) is 0. The molecular formula is C9H8BrNO5. The van der Waals surface area contributed by atoms with Crippen LogP contribution in [0.25, 0.3) is 0 Å². The number of benzene rings is 1. The highest BCUT2D eigenvalue weighted by Crippen LogP contribution is 2.37. The number of methoxy groups -OCH3 is 2. The van der Waals surface area contributed by atoms with E-state index in [4.69, 9.17) is 4.74 Å². The normalized spacial score (nSPS) is 9.69.